The molecule has 0 aromatic heterocycles. The summed E-state index contributed by atoms with van der Waals surface area (Å²) < 4.78 is 18.4. The molecule has 0 radical (unpaired) electrons. The fourth-order valence-electron chi connectivity index (χ4n) is 3.03. The number of morpholine rings is 1. The summed E-state index contributed by atoms with van der Waals surface area (Å²) in [6.07, 6.45) is 0.136. The van der Waals surface area contributed by atoms with Gasteiger partial charge in [-0.25, -0.2) is 4.39 Å². The predicted molar refractivity (Wildman–Crippen MR) is 85.8 cm³/mol. The predicted octanol–water partition coefficient (Wildman–Crippen LogP) is -0.0984. The minimum absolute atomic E-state index is 0.131. The molecular weight excluding hydrogens is 329 g/mol. The zero-order valence-electron chi connectivity index (χ0n) is 13.7. The van der Waals surface area contributed by atoms with Crippen molar-refractivity contribution in [3.05, 3.63) is 35.6 Å². The number of nitrogens with zero attached hydrogens (tertiary/aromatic N) is 2. The van der Waals surface area contributed by atoms with Crippen LogP contribution in [0, 0.1) is 5.82 Å². The number of likely N-dealkylation sites (tertiary alicyclic amines) is 1. The molecule has 2 aliphatic rings. The van der Waals surface area contributed by atoms with Gasteiger partial charge in [0.15, 0.2) is 0 Å². The first kappa shape index (κ1) is 17.3. The van der Waals surface area contributed by atoms with Crippen LogP contribution in [0.25, 0.3) is 0 Å². The number of hydrogen-bond donors (Lipinski definition) is 1. The van der Waals surface area contributed by atoms with Crippen molar-refractivity contribution in [1.82, 2.24) is 15.1 Å². The van der Waals surface area contributed by atoms with Crippen molar-refractivity contribution >= 4 is 17.7 Å². The lowest BCUT2D eigenvalue weighted by Gasteiger charge is -2.26. The van der Waals surface area contributed by atoms with E-state index in [0.29, 0.717) is 38.4 Å². The van der Waals surface area contributed by atoms with Crippen molar-refractivity contribution in [2.24, 2.45) is 0 Å². The van der Waals surface area contributed by atoms with Crippen LogP contribution in [0.3, 0.4) is 0 Å². The number of carbonyl (C=O) groups excluding carboxylic acids is 3. The van der Waals surface area contributed by atoms with E-state index in [-0.39, 0.29) is 24.7 Å². The number of ether oxygens (including phenoxy) is 1. The van der Waals surface area contributed by atoms with Gasteiger partial charge in [-0.15, -0.1) is 0 Å². The van der Waals surface area contributed by atoms with Gasteiger partial charge in [-0.05, 0) is 17.7 Å². The average molecular weight is 349 g/mol. The third-order valence-corrected chi connectivity index (χ3v) is 4.30. The van der Waals surface area contributed by atoms with E-state index in [1.54, 1.807) is 17.0 Å². The van der Waals surface area contributed by atoms with Crippen LogP contribution >= 0.6 is 0 Å². The number of amides is 3. The maximum Gasteiger partial charge on any atom is 0.312 e. The standard InChI is InChI=1S/C17H20FN3O4/c18-13-3-1-2-12(8-13)10-21-11-14(9-15(21)22)19-16(23)17(24)20-4-6-25-7-5-20/h1-3,8,14H,4-7,9-11H2,(H,19,23)/t14-/m1/s1. The molecule has 0 saturated carbocycles. The molecule has 8 heteroatoms. The molecule has 0 bridgehead atoms. The fraction of sp³-hybridized carbons (Fsp3) is 0.471. The van der Waals surface area contributed by atoms with Crippen LogP contribution in [0.15, 0.2) is 24.3 Å². The van der Waals surface area contributed by atoms with Gasteiger partial charge < -0.3 is 19.9 Å². The Bertz CT molecular complexity index is 676. The highest BCUT2D eigenvalue weighted by molar-refractivity contribution is 6.35. The third-order valence-electron chi connectivity index (χ3n) is 4.30. The molecule has 2 saturated heterocycles. The molecule has 2 heterocycles. The van der Waals surface area contributed by atoms with Crippen molar-refractivity contribution in [1.29, 1.82) is 0 Å². The monoisotopic (exact) mass is 349 g/mol. The molecule has 0 unspecified atom stereocenters. The van der Waals surface area contributed by atoms with Crippen LogP contribution < -0.4 is 5.32 Å². The lowest BCUT2D eigenvalue weighted by atomic mass is 10.2. The number of halogens is 1. The molecule has 25 heavy (non-hydrogen) atoms. The molecule has 1 aromatic rings. The molecular formula is C17H20FN3O4. The Morgan fingerprint density at radius 2 is 2.04 bits per heavy atom. The van der Waals surface area contributed by atoms with E-state index < -0.39 is 17.9 Å². The van der Waals surface area contributed by atoms with Gasteiger partial charge in [0.05, 0.1) is 19.3 Å². The van der Waals surface area contributed by atoms with E-state index in [0.717, 1.165) is 0 Å². The summed E-state index contributed by atoms with van der Waals surface area (Å²) in [5, 5.41) is 2.63. The van der Waals surface area contributed by atoms with Gasteiger partial charge in [-0.1, -0.05) is 12.1 Å². The second-order valence-electron chi connectivity index (χ2n) is 6.18. The van der Waals surface area contributed by atoms with E-state index in [9.17, 15) is 18.8 Å². The summed E-state index contributed by atoms with van der Waals surface area (Å²) in [5.74, 6) is -1.79. The third kappa shape index (κ3) is 4.33. The summed E-state index contributed by atoms with van der Waals surface area (Å²) in [4.78, 5) is 39.3. The minimum Gasteiger partial charge on any atom is -0.378 e. The molecule has 1 aromatic carbocycles. The molecule has 2 fully saturated rings. The SMILES string of the molecule is O=C(N[C@@H]1CC(=O)N(Cc2cccc(F)c2)C1)C(=O)N1CCOCC1. The first-order valence-electron chi connectivity index (χ1n) is 8.22. The van der Waals surface area contributed by atoms with Crippen molar-refractivity contribution in [2.45, 2.75) is 19.0 Å². The summed E-state index contributed by atoms with van der Waals surface area (Å²) >= 11 is 0. The number of benzene rings is 1. The fourth-order valence-corrected chi connectivity index (χ4v) is 3.03. The normalized spacial score (nSPS) is 20.7. The Balaban J connectivity index is 1.53. The van der Waals surface area contributed by atoms with Gasteiger partial charge in [0, 0.05) is 32.6 Å². The van der Waals surface area contributed by atoms with Gasteiger partial charge in [-0.2, -0.15) is 0 Å². The molecule has 2 aliphatic heterocycles. The molecule has 3 amide bonds. The first-order valence-corrected chi connectivity index (χ1v) is 8.22. The Morgan fingerprint density at radius 3 is 2.76 bits per heavy atom. The summed E-state index contributed by atoms with van der Waals surface area (Å²) in [6, 6.07) is 5.63. The van der Waals surface area contributed by atoms with E-state index in [1.165, 1.54) is 17.0 Å². The van der Waals surface area contributed by atoms with E-state index in [1.807, 2.05) is 0 Å². The van der Waals surface area contributed by atoms with Crippen molar-refractivity contribution in [3.8, 4) is 0 Å². The second kappa shape index (κ2) is 7.60. The molecule has 0 aliphatic carbocycles. The molecule has 7 nitrogen and oxygen atoms in total. The lowest BCUT2D eigenvalue weighted by Crippen LogP contribution is -2.50. The zero-order chi connectivity index (χ0) is 17.8. The zero-order valence-corrected chi connectivity index (χ0v) is 13.7. The van der Waals surface area contributed by atoms with Crippen LogP contribution in [0.5, 0.6) is 0 Å². The second-order valence-corrected chi connectivity index (χ2v) is 6.18. The molecule has 1 atom stereocenters. The number of hydrogen-bond acceptors (Lipinski definition) is 4. The van der Waals surface area contributed by atoms with E-state index in [2.05, 4.69) is 5.32 Å². The topological polar surface area (TPSA) is 79.0 Å². The maximum atomic E-state index is 13.2. The number of nitrogens with one attached hydrogen (secondary N) is 1. The Morgan fingerprint density at radius 1 is 1.28 bits per heavy atom. The summed E-state index contributed by atoms with van der Waals surface area (Å²) in [5.41, 5.74) is 0.685. The Labute approximate surface area is 144 Å². The van der Waals surface area contributed by atoms with E-state index in [4.69, 9.17) is 4.74 Å². The van der Waals surface area contributed by atoms with Crippen LogP contribution in [0.1, 0.15) is 12.0 Å². The van der Waals surface area contributed by atoms with Crippen LogP contribution in [0.2, 0.25) is 0 Å². The quantitative estimate of drug-likeness (QED) is 0.773. The number of rotatable bonds is 3. The van der Waals surface area contributed by atoms with Crippen LogP contribution in [-0.4, -0.2) is 66.4 Å². The van der Waals surface area contributed by atoms with Gasteiger partial charge in [0.25, 0.3) is 0 Å². The number of carbonyl (C=O) groups is 3. The van der Waals surface area contributed by atoms with Crippen molar-refractivity contribution < 1.29 is 23.5 Å². The smallest absolute Gasteiger partial charge is 0.312 e. The minimum atomic E-state index is -0.702. The summed E-state index contributed by atoms with van der Waals surface area (Å²) in [6.45, 7) is 2.20. The molecule has 3 rings (SSSR count). The average Bonchev–Trinajstić information content (AvgIpc) is 2.94. The highest BCUT2D eigenvalue weighted by atomic mass is 19.1. The van der Waals surface area contributed by atoms with Gasteiger partial charge in [0.2, 0.25) is 5.91 Å². The van der Waals surface area contributed by atoms with E-state index >= 15 is 0 Å². The Hall–Kier alpha value is -2.48. The molecule has 0 spiro atoms. The molecule has 134 valence electrons. The first-order chi connectivity index (χ1) is 12.0. The molecule has 1 N–H and O–H groups in total. The van der Waals surface area contributed by atoms with Crippen molar-refractivity contribution in [2.75, 3.05) is 32.8 Å². The maximum absolute atomic E-state index is 13.2. The van der Waals surface area contributed by atoms with Crippen LogP contribution in [0.4, 0.5) is 4.39 Å². The highest BCUT2D eigenvalue weighted by Gasteiger charge is 2.33. The van der Waals surface area contributed by atoms with Crippen LogP contribution in [-0.2, 0) is 25.7 Å². The van der Waals surface area contributed by atoms with Gasteiger partial charge in [-0.3, -0.25) is 14.4 Å². The van der Waals surface area contributed by atoms with Gasteiger partial charge >= 0.3 is 11.8 Å². The van der Waals surface area contributed by atoms with Crippen molar-refractivity contribution in [3.63, 3.8) is 0 Å². The largest absolute Gasteiger partial charge is 0.378 e. The lowest BCUT2D eigenvalue weighted by molar-refractivity contribution is -0.148. The van der Waals surface area contributed by atoms with Gasteiger partial charge in [0.1, 0.15) is 5.82 Å². The summed E-state index contributed by atoms with van der Waals surface area (Å²) in [7, 11) is 0. The highest BCUT2D eigenvalue weighted by Crippen LogP contribution is 2.16. The Kier molecular flexibility index (Phi) is 5.28.